The number of benzene rings is 2. The Morgan fingerprint density at radius 1 is 1.20 bits per heavy atom. The molecule has 30 heavy (non-hydrogen) atoms. The van der Waals surface area contributed by atoms with Crippen LogP contribution in [0.4, 0.5) is 5.69 Å². The van der Waals surface area contributed by atoms with Gasteiger partial charge >= 0.3 is 182 Å². The summed E-state index contributed by atoms with van der Waals surface area (Å²) in [6.45, 7) is 1.84. The summed E-state index contributed by atoms with van der Waals surface area (Å²) in [4.78, 5) is 26.3. The first-order valence-electron chi connectivity index (χ1n) is 9.95. The van der Waals surface area contributed by atoms with E-state index in [2.05, 4.69) is 17.0 Å². The predicted molar refractivity (Wildman–Crippen MR) is 113 cm³/mol. The number of esters is 1. The van der Waals surface area contributed by atoms with E-state index in [1.165, 1.54) is 13.2 Å². The molecule has 0 N–H and O–H groups in total. The third kappa shape index (κ3) is 3.88. The topological polar surface area (TPSA) is 81.9 Å². The van der Waals surface area contributed by atoms with Gasteiger partial charge in [-0.1, -0.05) is 0 Å². The normalized spacial score (nSPS) is 25.8. The molecular weight excluding hydrogens is 451 g/mol. The molecule has 0 bridgehead atoms. The van der Waals surface area contributed by atoms with Crippen LogP contribution in [0, 0.1) is 10.1 Å². The summed E-state index contributed by atoms with van der Waals surface area (Å²) in [7, 11) is 1.45. The van der Waals surface area contributed by atoms with Crippen molar-refractivity contribution in [3.05, 3.63) is 70.3 Å². The van der Waals surface area contributed by atoms with Crippen molar-refractivity contribution in [3.63, 3.8) is 0 Å². The van der Waals surface area contributed by atoms with E-state index in [1.54, 1.807) is 18.2 Å². The molecule has 2 heterocycles. The van der Waals surface area contributed by atoms with Crippen molar-refractivity contribution in [1.82, 2.24) is 4.90 Å². The molecule has 0 radical (unpaired) electrons. The van der Waals surface area contributed by atoms with E-state index in [0.29, 0.717) is 5.56 Å². The number of carbonyl (C=O) groups excluding carboxylic acids is 1. The number of hydrogen-bond donors (Lipinski definition) is 0. The zero-order chi connectivity index (χ0) is 21.1. The monoisotopic (exact) mass is 476 g/mol. The molecule has 0 spiro atoms. The van der Waals surface area contributed by atoms with Crippen molar-refractivity contribution >= 4 is 31.1 Å². The predicted octanol–water partition coefficient (Wildman–Crippen LogP) is 2.32. The van der Waals surface area contributed by atoms with Gasteiger partial charge in [0.1, 0.15) is 0 Å². The Hall–Kier alpha value is -2.25. The van der Waals surface area contributed by atoms with E-state index >= 15 is 0 Å². The molecule has 158 valence electrons. The minimum atomic E-state index is -0.618. The summed E-state index contributed by atoms with van der Waals surface area (Å²) in [5, 5.41) is 11.3. The zero-order valence-corrected chi connectivity index (χ0v) is 18.4. The van der Waals surface area contributed by atoms with Crippen molar-refractivity contribution in [1.29, 1.82) is 0 Å². The fourth-order valence-corrected chi connectivity index (χ4v) is 7.70. The SMILES string of the molecule is COC(=O)C1([Se]c2ccccc2)CCN2CCC(OCc3ccccc3[N+](=O)[O-])C21. The number of ether oxygens (including phenoxy) is 2. The summed E-state index contributed by atoms with van der Waals surface area (Å²) in [6.07, 6.45) is 1.37. The Kier molecular flexibility index (Phi) is 6.20. The van der Waals surface area contributed by atoms with Gasteiger partial charge in [0.15, 0.2) is 0 Å². The molecule has 2 fully saturated rings. The van der Waals surface area contributed by atoms with Gasteiger partial charge in [0.2, 0.25) is 0 Å². The molecule has 8 heteroatoms. The molecule has 3 unspecified atom stereocenters. The van der Waals surface area contributed by atoms with Gasteiger partial charge in [-0.05, 0) is 0 Å². The van der Waals surface area contributed by atoms with Crippen LogP contribution in [0.2, 0.25) is 4.31 Å². The van der Waals surface area contributed by atoms with E-state index in [9.17, 15) is 14.9 Å². The zero-order valence-electron chi connectivity index (χ0n) is 16.7. The standard InChI is InChI=1S/C22H24N2O5Se/c1-28-21(25)22(30-17-8-3-2-4-9-17)12-14-23-13-11-19(20(22)23)29-15-16-7-5-6-10-18(16)24(26)27/h2-10,19-20H,11-15H2,1H3. The van der Waals surface area contributed by atoms with Crippen molar-refractivity contribution in [2.75, 3.05) is 20.2 Å². The molecule has 0 saturated carbocycles. The quantitative estimate of drug-likeness (QED) is 0.265. The molecular formula is C22H24N2O5Se. The summed E-state index contributed by atoms with van der Waals surface area (Å²) in [6, 6.07) is 16.6. The first-order chi connectivity index (χ1) is 14.5. The Morgan fingerprint density at radius 2 is 1.93 bits per heavy atom. The average Bonchev–Trinajstić information content (AvgIpc) is 3.34. The van der Waals surface area contributed by atoms with Crippen LogP contribution in [-0.4, -0.2) is 63.1 Å². The van der Waals surface area contributed by atoms with Gasteiger partial charge < -0.3 is 0 Å². The molecule has 0 amide bonds. The third-order valence-electron chi connectivity index (χ3n) is 5.91. The van der Waals surface area contributed by atoms with Gasteiger partial charge in [-0.2, -0.15) is 0 Å². The summed E-state index contributed by atoms with van der Waals surface area (Å²) in [5.74, 6) is -0.181. The van der Waals surface area contributed by atoms with Gasteiger partial charge in [0.25, 0.3) is 0 Å². The number of carbonyl (C=O) groups is 1. The number of para-hydroxylation sites is 1. The number of nitro benzene ring substituents is 1. The van der Waals surface area contributed by atoms with Crippen LogP contribution in [0.15, 0.2) is 54.6 Å². The summed E-state index contributed by atoms with van der Waals surface area (Å²) in [5.41, 5.74) is 0.614. The van der Waals surface area contributed by atoms with Crippen LogP contribution in [0.3, 0.4) is 0 Å². The maximum absolute atomic E-state index is 13.1. The van der Waals surface area contributed by atoms with Crippen LogP contribution in [-0.2, 0) is 20.9 Å². The molecule has 3 atom stereocenters. The molecule has 0 aromatic heterocycles. The van der Waals surface area contributed by atoms with Crippen LogP contribution >= 0.6 is 0 Å². The second-order valence-electron chi connectivity index (χ2n) is 7.55. The Morgan fingerprint density at radius 3 is 2.67 bits per heavy atom. The van der Waals surface area contributed by atoms with E-state index in [0.717, 1.165) is 30.4 Å². The number of rotatable bonds is 7. The van der Waals surface area contributed by atoms with E-state index < -0.39 is 4.31 Å². The van der Waals surface area contributed by atoms with E-state index in [-0.39, 0.29) is 50.3 Å². The van der Waals surface area contributed by atoms with Gasteiger partial charge in [-0.15, -0.1) is 0 Å². The average molecular weight is 475 g/mol. The third-order valence-corrected chi connectivity index (χ3v) is 9.02. The minimum absolute atomic E-state index is 0.0616. The molecule has 0 aliphatic carbocycles. The Balaban J connectivity index is 1.58. The Bertz CT molecular complexity index is 925. The maximum atomic E-state index is 13.1. The second kappa shape index (κ2) is 8.86. The van der Waals surface area contributed by atoms with Crippen molar-refractivity contribution < 1.29 is 19.2 Å². The Labute approximate surface area is 181 Å². The van der Waals surface area contributed by atoms with Crippen molar-refractivity contribution in [2.24, 2.45) is 0 Å². The summed E-state index contributed by atoms with van der Waals surface area (Å²) < 4.78 is 12.1. The molecule has 2 aromatic rings. The molecule has 7 nitrogen and oxygen atoms in total. The van der Waals surface area contributed by atoms with Gasteiger partial charge in [0.05, 0.1) is 0 Å². The molecule has 2 aliphatic heterocycles. The number of hydrogen-bond acceptors (Lipinski definition) is 6. The number of methoxy groups -OCH3 is 1. The van der Waals surface area contributed by atoms with Gasteiger partial charge in [0, 0.05) is 0 Å². The van der Waals surface area contributed by atoms with Crippen LogP contribution in [0.5, 0.6) is 0 Å². The first kappa shape index (κ1) is 21.0. The molecule has 2 aliphatic rings. The fraction of sp³-hybridized carbons (Fsp3) is 0.409. The van der Waals surface area contributed by atoms with Gasteiger partial charge in [-0.3, -0.25) is 0 Å². The fourth-order valence-electron chi connectivity index (χ4n) is 4.56. The number of nitro groups is 1. The first-order valence-corrected chi connectivity index (χ1v) is 11.7. The second-order valence-corrected chi connectivity index (χ2v) is 10.5. The van der Waals surface area contributed by atoms with E-state index in [1.807, 2.05) is 18.2 Å². The molecule has 2 saturated heterocycles. The molecule has 2 aromatic carbocycles. The number of nitrogens with zero attached hydrogens (tertiary/aromatic N) is 2. The van der Waals surface area contributed by atoms with E-state index in [4.69, 9.17) is 9.47 Å². The van der Waals surface area contributed by atoms with Gasteiger partial charge in [-0.25, -0.2) is 0 Å². The summed E-state index contributed by atoms with van der Waals surface area (Å²) >= 11 is -0.120. The van der Waals surface area contributed by atoms with Crippen LogP contribution in [0.1, 0.15) is 18.4 Å². The number of fused-ring (bicyclic) bond motifs is 1. The molecule has 4 rings (SSSR count). The van der Waals surface area contributed by atoms with Crippen molar-refractivity contribution in [2.45, 2.75) is 35.9 Å². The van der Waals surface area contributed by atoms with Crippen LogP contribution < -0.4 is 4.46 Å². The van der Waals surface area contributed by atoms with Crippen molar-refractivity contribution in [3.8, 4) is 0 Å². The van der Waals surface area contributed by atoms with Crippen LogP contribution in [0.25, 0.3) is 0 Å².